The summed E-state index contributed by atoms with van der Waals surface area (Å²) in [5, 5.41) is 2.89. The number of hydrogen-bond acceptors (Lipinski definition) is 6. The van der Waals surface area contributed by atoms with Gasteiger partial charge in [0.05, 0.1) is 19.1 Å². The number of hydrogen-bond donors (Lipinski definition) is 1. The van der Waals surface area contributed by atoms with Gasteiger partial charge in [0.1, 0.15) is 13.2 Å². The van der Waals surface area contributed by atoms with Crippen molar-refractivity contribution in [2.24, 2.45) is 0 Å². The van der Waals surface area contributed by atoms with Gasteiger partial charge in [0.2, 0.25) is 0 Å². The minimum atomic E-state index is -0.180. The van der Waals surface area contributed by atoms with E-state index in [9.17, 15) is 4.79 Å². The number of anilines is 1. The lowest BCUT2D eigenvalue weighted by Crippen LogP contribution is -2.15. The summed E-state index contributed by atoms with van der Waals surface area (Å²) in [4.78, 5) is 14.2. The number of benzene rings is 2. The molecule has 1 N–H and O–H groups in total. The van der Waals surface area contributed by atoms with Gasteiger partial charge in [-0.1, -0.05) is 0 Å². The van der Waals surface area contributed by atoms with Gasteiger partial charge in [-0.2, -0.15) is 0 Å². The first-order chi connectivity index (χ1) is 13.7. The number of thiophene rings is 1. The Kier molecular flexibility index (Phi) is 5.08. The molecular weight excluding hydrogens is 378 g/mol. The number of fused-ring (bicyclic) bond motifs is 1. The summed E-state index contributed by atoms with van der Waals surface area (Å²) in [6.45, 7) is 1.10. The Morgan fingerprint density at radius 1 is 0.929 bits per heavy atom. The molecule has 28 heavy (non-hydrogen) atoms. The lowest BCUT2D eigenvalue weighted by molar-refractivity contribution is 0.103. The van der Waals surface area contributed by atoms with Crippen molar-refractivity contribution >= 4 is 22.9 Å². The molecule has 3 aromatic rings. The molecule has 0 atom stereocenters. The molecule has 1 aliphatic heterocycles. The van der Waals surface area contributed by atoms with Gasteiger partial charge in [-0.3, -0.25) is 4.79 Å². The lowest BCUT2D eigenvalue weighted by Gasteiger charge is -2.18. The maximum Gasteiger partial charge on any atom is 0.265 e. The highest BCUT2D eigenvalue weighted by Crippen LogP contribution is 2.37. The standard InChI is InChI=1S/C21H19NO5S/c1-24-15-6-4-14(12-17(15)25-2)22-21(23)20-8-7-19(28-20)13-3-5-16-18(11-13)27-10-9-26-16/h3-8,11-12H,9-10H2,1-2H3,(H,22,23). The van der Waals surface area contributed by atoms with Crippen LogP contribution in [0.5, 0.6) is 23.0 Å². The summed E-state index contributed by atoms with van der Waals surface area (Å²) >= 11 is 1.42. The second kappa shape index (κ2) is 7.82. The molecule has 0 radical (unpaired) electrons. The van der Waals surface area contributed by atoms with Gasteiger partial charge >= 0.3 is 0 Å². The third-order valence-corrected chi connectivity index (χ3v) is 5.43. The van der Waals surface area contributed by atoms with Crippen LogP contribution in [0.4, 0.5) is 5.69 Å². The average molecular weight is 397 g/mol. The summed E-state index contributed by atoms with van der Waals surface area (Å²) < 4.78 is 21.7. The van der Waals surface area contributed by atoms with E-state index in [1.807, 2.05) is 30.3 Å². The number of rotatable bonds is 5. The fraction of sp³-hybridized carbons (Fsp3) is 0.190. The third kappa shape index (κ3) is 3.61. The van der Waals surface area contributed by atoms with Crippen LogP contribution in [0.2, 0.25) is 0 Å². The topological polar surface area (TPSA) is 66.0 Å². The monoisotopic (exact) mass is 397 g/mol. The number of methoxy groups -OCH3 is 2. The molecule has 0 spiro atoms. The van der Waals surface area contributed by atoms with Crippen LogP contribution in [0.1, 0.15) is 9.67 Å². The summed E-state index contributed by atoms with van der Waals surface area (Å²) in [5.41, 5.74) is 1.62. The summed E-state index contributed by atoms with van der Waals surface area (Å²) in [5.74, 6) is 2.47. The second-order valence-electron chi connectivity index (χ2n) is 6.05. The Balaban J connectivity index is 1.52. The predicted molar refractivity (Wildman–Crippen MR) is 108 cm³/mol. The molecule has 0 saturated heterocycles. The summed E-state index contributed by atoms with van der Waals surface area (Å²) in [6, 6.07) is 14.8. The first-order valence-corrected chi connectivity index (χ1v) is 9.53. The molecule has 7 heteroatoms. The molecule has 0 aliphatic carbocycles. The van der Waals surface area contributed by atoms with Crippen LogP contribution in [-0.4, -0.2) is 33.3 Å². The Morgan fingerprint density at radius 2 is 1.71 bits per heavy atom. The van der Waals surface area contributed by atoms with Crippen molar-refractivity contribution < 1.29 is 23.7 Å². The van der Waals surface area contributed by atoms with E-state index in [2.05, 4.69) is 5.32 Å². The Hall–Kier alpha value is -3.19. The van der Waals surface area contributed by atoms with E-state index in [-0.39, 0.29) is 5.91 Å². The SMILES string of the molecule is COc1ccc(NC(=O)c2ccc(-c3ccc4c(c3)OCCO4)s2)cc1OC. The molecule has 0 bridgehead atoms. The zero-order chi connectivity index (χ0) is 19.5. The van der Waals surface area contributed by atoms with Gasteiger partial charge in [-0.05, 0) is 48.0 Å². The molecule has 1 aromatic heterocycles. The summed E-state index contributed by atoms with van der Waals surface area (Å²) in [7, 11) is 3.13. The van der Waals surface area contributed by atoms with Gasteiger partial charge in [-0.25, -0.2) is 0 Å². The van der Waals surface area contributed by atoms with Gasteiger partial charge in [-0.15, -0.1) is 11.3 Å². The number of ether oxygens (including phenoxy) is 4. The number of carbonyl (C=O) groups excluding carboxylic acids is 1. The van der Waals surface area contributed by atoms with Crippen molar-refractivity contribution in [3.8, 4) is 33.4 Å². The van der Waals surface area contributed by atoms with Crippen molar-refractivity contribution in [3.63, 3.8) is 0 Å². The highest BCUT2D eigenvalue weighted by molar-refractivity contribution is 7.17. The zero-order valence-electron chi connectivity index (χ0n) is 15.5. The van der Waals surface area contributed by atoms with Crippen LogP contribution in [0.25, 0.3) is 10.4 Å². The zero-order valence-corrected chi connectivity index (χ0v) is 16.3. The van der Waals surface area contributed by atoms with E-state index in [4.69, 9.17) is 18.9 Å². The average Bonchev–Trinajstić information content (AvgIpc) is 3.24. The maximum absolute atomic E-state index is 12.6. The van der Waals surface area contributed by atoms with Gasteiger partial charge in [0.15, 0.2) is 23.0 Å². The first-order valence-electron chi connectivity index (χ1n) is 8.71. The second-order valence-corrected chi connectivity index (χ2v) is 7.13. The minimum Gasteiger partial charge on any atom is -0.493 e. The number of nitrogens with one attached hydrogen (secondary N) is 1. The smallest absolute Gasteiger partial charge is 0.265 e. The molecule has 2 heterocycles. The van der Waals surface area contributed by atoms with Crippen LogP contribution in [0.15, 0.2) is 48.5 Å². The van der Waals surface area contributed by atoms with E-state index in [1.54, 1.807) is 32.4 Å². The van der Waals surface area contributed by atoms with Gasteiger partial charge in [0.25, 0.3) is 5.91 Å². The van der Waals surface area contributed by atoms with Crippen LogP contribution in [0.3, 0.4) is 0 Å². The van der Waals surface area contributed by atoms with Crippen molar-refractivity contribution in [1.29, 1.82) is 0 Å². The van der Waals surface area contributed by atoms with Crippen molar-refractivity contribution in [2.45, 2.75) is 0 Å². The van der Waals surface area contributed by atoms with Crippen molar-refractivity contribution in [3.05, 3.63) is 53.4 Å². The van der Waals surface area contributed by atoms with Crippen LogP contribution in [-0.2, 0) is 0 Å². The van der Waals surface area contributed by atoms with E-state index in [1.165, 1.54) is 11.3 Å². The number of amides is 1. The summed E-state index contributed by atoms with van der Waals surface area (Å²) in [6.07, 6.45) is 0. The fourth-order valence-electron chi connectivity index (χ4n) is 2.92. The molecule has 4 rings (SSSR count). The fourth-order valence-corrected chi connectivity index (χ4v) is 3.82. The highest BCUT2D eigenvalue weighted by Gasteiger charge is 2.15. The quantitative estimate of drug-likeness (QED) is 0.689. The first kappa shape index (κ1) is 18.2. The van der Waals surface area contributed by atoms with Crippen molar-refractivity contribution in [1.82, 2.24) is 0 Å². The molecule has 0 saturated carbocycles. The molecule has 0 fully saturated rings. The molecule has 0 unspecified atom stereocenters. The maximum atomic E-state index is 12.6. The molecule has 144 valence electrons. The molecule has 1 amide bonds. The predicted octanol–water partition coefficient (Wildman–Crippen LogP) is 4.46. The van der Waals surface area contributed by atoms with Crippen molar-refractivity contribution in [2.75, 3.05) is 32.8 Å². The van der Waals surface area contributed by atoms with E-state index in [0.29, 0.717) is 35.3 Å². The number of carbonyl (C=O) groups is 1. The molecule has 1 aliphatic rings. The van der Waals surface area contributed by atoms with Crippen LogP contribution >= 0.6 is 11.3 Å². The molecule has 2 aromatic carbocycles. The Labute approximate surface area is 166 Å². The van der Waals surface area contributed by atoms with Crippen LogP contribution in [0, 0.1) is 0 Å². The lowest BCUT2D eigenvalue weighted by atomic mass is 10.1. The Morgan fingerprint density at radius 3 is 2.50 bits per heavy atom. The highest BCUT2D eigenvalue weighted by atomic mass is 32.1. The van der Waals surface area contributed by atoms with E-state index < -0.39 is 0 Å². The van der Waals surface area contributed by atoms with E-state index >= 15 is 0 Å². The van der Waals surface area contributed by atoms with E-state index in [0.717, 1.165) is 21.9 Å². The molecular formula is C21H19NO5S. The third-order valence-electron chi connectivity index (χ3n) is 4.30. The van der Waals surface area contributed by atoms with Crippen LogP contribution < -0.4 is 24.3 Å². The van der Waals surface area contributed by atoms with Gasteiger partial charge in [0, 0.05) is 16.6 Å². The largest absolute Gasteiger partial charge is 0.493 e. The van der Waals surface area contributed by atoms with Gasteiger partial charge < -0.3 is 24.3 Å². The normalized spacial score (nSPS) is 12.4. The Bertz CT molecular complexity index is 1010. The molecule has 6 nitrogen and oxygen atoms in total. The minimum absolute atomic E-state index is 0.180.